The molecular formula is C15H22ClFN2O2. The van der Waals surface area contributed by atoms with Crippen LogP contribution in [0.3, 0.4) is 0 Å². The van der Waals surface area contributed by atoms with E-state index in [2.05, 4.69) is 0 Å². The van der Waals surface area contributed by atoms with Crippen molar-refractivity contribution in [3.8, 4) is 0 Å². The van der Waals surface area contributed by atoms with Crippen LogP contribution in [0.1, 0.15) is 30.9 Å². The lowest BCUT2D eigenvalue weighted by Crippen LogP contribution is -2.35. The standard InChI is InChI=1S/C15H21FN2O2.ClH/c1-20-13(10-17)9-15(19)18-7-3-6-14(18)11-4-2-5-12(16)8-11;/h2,4-5,8,13-14H,3,6-7,9-10,17H2,1H3;1H. The van der Waals surface area contributed by atoms with Gasteiger partial charge in [0.15, 0.2) is 0 Å². The molecular weight excluding hydrogens is 295 g/mol. The minimum absolute atomic E-state index is 0. The molecule has 2 rings (SSSR count). The molecule has 118 valence electrons. The molecule has 6 heteroatoms. The number of hydrogen-bond donors (Lipinski definition) is 1. The Bertz CT molecular complexity index is 469. The lowest BCUT2D eigenvalue weighted by atomic mass is 10.0. The third-order valence-electron chi connectivity index (χ3n) is 3.81. The Kier molecular flexibility index (Phi) is 7.08. The summed E-state index contributed by atoms with van der Waals surface area (Å²) in [6.45, 7) is 1.03. The van der Waals surface area contributed by atoms with E-state index in [9.17, 15) is 9.18 Å². The van der Waals surface area contributed by atoms with E-state index in [1.54, 1.807) is 13.2 Å². The van der Waals surface area contributed by atoms with Gasteiger partial charge in [-0.15, -0.1) is 12.4 Å². The fourth-order valence-electron chi connectivity index (χ4n) is 2.70. The van der Waals surface area contributed by atoms with Gasteiger partial charge in [0.1, 0.15) is 5.82 Å². The molecule has 0 aliphatic carbocycles. The smallest absolute Gasteiger partial charge is 0.225 e. The minimum atomic E-state index is -0.265. The Hall–Kier alpha value is -1.17. The summed E-state index contributed by atoms with van der Waals surface area (Å²) >= 11 is 0. The van der Waals surface area contributed by atoms with Crippen molar-refractivity contribution in [1.82, 2.24) is 4.90 Å². The normalized spacial score (nSPS) is 19.2. The number of benzene rings is 1. The largest absolute Gasteiger partial charge is 0.380 e. The maximum absolute atomic E-state index is 13.3. The van der Waals surface area contributed by atoms with Gasteiger partial charge in [-0.2, -0.15) is 0 Å². The third kappa shape index (κ3) is 4.40. The molecule has 1 saturated heterocycles. The van der Waals surface area contributed by atoms with E-state index >= 15 is 0 Å². The van der Waals surface area contributed by atoms with Crippen LogP contribution in [0.2, 0.25) is 0 Å². The summed E-state index contributed by atoms with van der Waals surface area (Å²) in [5.41, 5.74) is 6.41. The van der Waals surface area contributed by atoms with Crippen LogP contribution >= 0.6 is 12.4 Å². The molecule has 1 aromatic rings. The number of halogens is 2. The van der Waals surface area contributed by atoms with Crippen LogP contribution in [-0.2, 0) is 9.53 Å². The molecule has 0 saturated carbocycles. The molecule has 1 aliphatic heterocycles. The average Bonchev–Trinajstić information content (AvgIpc) is 2.94. The Labute approximate surface area is 130 Å². The predicted molar refractivity (Wildman–Crippen MR) is 81.8 cm³/mol. The third-order valence-corrected chi connectivity index (χ3v) is 3.81. The first kappa shape index (κ1) is 17.9. The van der Waals surface area contributed by atoms with Gasteiger partial charge in [0.25, 0.3) is 0 Å². The van der Waals surface area contributed by atoms with Gasteiger partial charge < -0.3 is 15.4 Å². The molecule has 2 unspecified atom stereocenters. The molecule has 2 atom stereocenters. The maximum atomic E-state index is 13.3. The van der Waals surface area contributed by atoms with Gasteiger partial charge in [-0.05, 0) is 30.5 Å². The number of methoxy groups -OCH3 is 1. The fraction of sp³-hybridized carbons (Fsp3) is 0.533. The predicted octanol–water partition coefficient (Wildman–Crippen LogP) is 2.27. The zero-order valence-corrected chi connectivity index (χ0v) is 12.9. The summed E-state index contributed by atoms with van der Waals surface area (Å²) < 4.78 is 18.5. The molecule has 21 heavy (non-hydrogen) atoms. The highest BCUT2D eigenvalue weighted by molar-refractivity contribution is 5.85. The maximum Gasteiger partial charge on any atom is 0.225 e. The first-order valence-corrected chi connectivity index (χ1v) is 6.93. The number of likely N-dealkylation sites (tertiary alicyclic amines) is 1. The van der Waals surface area contributed by atoms with Gasteiger partial charge in [-0.1, -0.05) is 12.1 Å². The van der Waals surface area contributed by atoms with Crippen LogP contribution in [0.5, 0.6) is 0 Å². The Morgan fingerprint density at radius 3 is 2.95 bits per heavy atom. The molecule has 0 spiro atoms. The van der Waals surface area contributed by atoms with Crippen molar-refractivity contribution in [3.63, 3.8) is 0 Å². The molecule has 1 heterocycles. The van der Waals surface area contributed by atoms with Crippen molar-refractivity contribution in [2.24, 2.45) is 5.73 Å². The highest BCUT2D eigenvalue weighted by atomic mass is 35.5. The zero-order chi connectivity index (χ0) is 14.5. The van der Waals surface area contributed by atoms with E-state index in [4.69, 9.17) is 10.5 Å². The van der Waals surface area contributed by atoms with Crippen molar-refractivity contribution < 1.29 is 13.9 Å². The van der Waals surface area contributed by atoms with E-state index in [1.165, 1.54) is 12.1 Å². The second kappa shape index (κ2) is 8.32. The van der Waals surface area contributed by atoms with Crippen molar-refractivity contribution >= 4 is 18.3 Å². The molecule has 2 N–H and O–H groups in total. The monoisotopic (exact) mass is 316 g/mol. The van der Waals surface area contributed by atoms with Crippen molar-refractivity contribution in [2.75, 3.05) is 20.2 Å². The Morgan fingerprint density at radius 1 is 1.57 bits per heavy atom. The molecule has 0 bridgehead atoms. The van der Waals surface area contributed by atoms with Crippen LogP contribution in [0, 0.1) is 5.82 Å². The number of nitrogens with zero attached hydrogens (tertiary/aromatic N) is 1. The Balaban J connectivity index is 0.00000220. The van der Waals surface area contributed by atoms with Crippen molar-refractivity contribution in [3.05, 3.63) is 35.6 Å². The number of carbonyl (C=O) groups is 1. The van der Waals surface area contributed by atoms with Crippen molar-refractivity contribution in [1.29, 1.82) is 0 Å². The SMILES string of the molecule is COC(CN)CC(=O)N1CCCC1c1cccc(F)c1.Cl. The van der Waals surface area contributed by atoms with Gasteiger partial charge in [-0.25, -0.2) is 4.39 Å². The second-order valence-electron chi connectivity index (χ2n) is 5.10. The van der Waals surface area contributed by atoms with Gasteiger partial charge in [0.2, 0.25) is 5.91 Å². The summed E-state index contributed by atoms with van der Waals surface area (Å²) in [4.78, 5) is 14.2. The van der Waals surface area contributed by atoms with Gasteiger partial charge in [0, 0.05) is 20.2 Å². The van der Waals surface area contributed by atoms with E-state index in [1.807, 2.05) is 11.0 Å². The second-order valence-corrected chi connectivity index (χ2v) is 5.10. The van der Waals surface area contributed by atoms with Gasteiger partial charge >= 0.3 is 0 Å². The van der Waals surface area contributed by atoms with Crippen LogP contribution in [0.15, 0.2) is 24.3 Å². The number of carbonyl (C=O) groups excluding carboxylic acids is 1. The first-order chi connectivity index (χ1) is 9.65. The first-order valence-electron chi connectivity index (χ1n) is 6.93. The molecule has 1 amide bonds. The summed E-state index contributed by atoms with van der Waals surface area (Å²) in [6.07, 6.45) is 1.83. The molecule has 1 aliphatic rings. The Morgan fingerprint density at radius 2 is 2.33 bits per heavy atom. The zero-order valence-electron chi connectivity index (χ0n) is 12.1. The van der Waals surface area contributed by atoms with Crippen LogP contribution in [-0.4, -0.2) is 37.1 Å². The van der Waals surface area contributed by atoms with Crippen LogP contribution < -0.4 is 5.73 Å². The lowest BCUT2D eigenvalue weighted by Gasteiger charge is -2.26. The van der Waals surface area contributed by atoms with E-state index in [-0.39, 0.29) is 42.7 Å². The van der Waals surface area contributed by atoms with E-state index in [0.29, 0.717) is 13.1 Å². The highest BCUT2D eigenvalue weighted by Gasteiger charge is 2.30. The number of hydrogen-bond acceptors (Lipinski definition) is 3. The molecule has 4 nitrogen and oxygen atoms in total. The number of nitrogens with two attached hydrogens (primary N) is 1. The van der Waals surface area contributed by atoms with Gasteiger partial charge in [-0.3, -0.25) is 4.79 Å². The number of amides is 1. The van der Waals surface area contributed by atoms with Crippen LogP contribution in [0.25, 0.3) is 0 Å². The molecule has 0 radical (unpaired) electrons. The quantitative estimate of drug-likeness (QED) is 0.906. The number of rotatable bonds is 5. The van der Waals surface area contributed by atoms with Gasteiger partial charge in [0.05, 0.1) is 18.6 Å². The van der Waals surface area contributed by atoms with E-state index < -0.39 is 0 Å². The summed E-state index contributed by atoms with van der Waals surface area (Å²) in [5, 5.41) is 0. The van der Waals surface area contributed by atoms with E-state index in [0.717, 1.165) is 18.4 Å². The topological polar surface area (TPSA) is 55.6 Å². The summed E-state index contributed by atoms with van der Waals surface area (Å²) in [7, 11) is 1.55. The molecule has 1 aromatic carbocycles. The van der Waals surface area contributed by atoms with Crippen LogP contribution in [0.4, 0.5) is 4.39 Å². The molecule has 0 aromatic heterocycles. The number of ether oxygens (including phenoxy) is 1. The average molecular weight is 317 g/mol. The minimum Gasteiger partial charge on any atom is -0.380 e. The lowest BCUT2D eigenvalue weighted by molar-refractivity contribution is -0.134. The summed E-state index contributed by atoms with van der Waals surface area (Å²) in [6, 6.07) is 6.44. The summed E-state index contributed by atoms with van der Waals surface area (Å²) in [5.74, 6) is -0.243. The fourth-order valence-corrected chi connectivity index (χ4v) is 2.70. The molecule has 1 fully saturated rings. The van der Waals surface area contributed by atoms with Crippen molar-refractivity contribution in [2.45, 2.75) is 31.4 Å². The highest BCUT2D eigenvalue weighted by Crippen LogP contribution is 2.32.